The smallest absolute Gasteiger partial charge is 0.259 e. The third-order valence-electron chi connectivity index (χ3n) is 4.90. The fourth-order valence-corrected chi connectivity index (χ4v) is 3.12. The molecule has 2 rings (SSSR count). The molecule has 6 nitrogen and oxygen atoms in total. The van der Waals surface area contributed by atoms with Gasteiger partial charge >= 0.3 is 0 Å². The summed E-state index contributed by atoms with van der Waals surface area (Å²) in [5.41, 5.74) is 0.958. The van der Waals surface area contributed by atoms with Crippen LogP contribution in [0.3, 0.4) is 0 Å². The van der Waals surface area contributed by atoms with Crippen molar-refractivity contribution < 1.29 is 14.3 Å². The summed E-state index contributed by atoms with van der Waals surface area (Å²) in [6.07, 6.45) is 2.95. The van der Waals surface area contributed by atoms with Crippen molar-refractivity contribution in [3.63, 3.8) is 0 Å². The summed E-state index contributed by atoms with van der Waals surface area (Å²) in [6.45, 7) is 4.74. The van der Waals surface area contributed by atoms with Crippen molar-refractivity contribution in [2.24, 2.45) is 11.8 Å². The summed E-state index contributed by atoms with van der Waals surface area (Å²) in [4.78, 5) is 25.3. The fraction of sp³-hybridized carbons (Fsp3) is 0.600. The summed E-state index contributed by atoms with van der Waals surface area (Å²) in [6, 6.07) is 7.48. The maximum Gasteiger partial charge on any atom is 0.259 e. The molecule has 0 radical (unpaired) electrons. The standard InChI is InChI=1S/C20H31N3O3/c1-15(17-7-5-9-21-13-17)10-19(24)22-12-16-6-4-8-18(11-16)26-14-20(25)23(2)3/h4,6,8,11,15,17,21H,5,7,9-10,12-14H2,1-3H3,(H,22,24). The van der Waals surface area contributed by atoms with Crippen LogP contribution in [0.2, 0.25) is 0 Å². The minimum atomic E-state index is -0.0881. The van der Waals surface area contributed by atoms with Crippen molar-refractivity contribution in [1.29, 1.82) is 0 Å². The van der Waals surface area contributed by atoms with Crippen molar-refractivity contribution >= 4 is 11.8 Å². The zero-order valence-electron chi connectivity index (χ0n) is 16.1. The Morgan fingerprint density at radius 2 is 2.19 bits per heavy atom. The molecule has 1 fully saturated rings. The van der Waals surface area contributed by atoms with Crippen LogP contribution in [0.15, 0.2) is 24.3 Å². The monoisotopic (exact) mass is 361 g/mol. The zero-order chi connectivity index (χ0) is 18.9. The molecule has 6 heteroatoms. The van der Waals surface area contributed by atoms with E-state index in [4.69, 9.17) is 4.74 Å². The van der Waals surface area contributed by atoms with E-state index >= 15 is 0 Å². The molecule has 1 saturated heterocycles. The zero-order valence-corrected chi connectivity index (χ0v) is 16.1. The molecule has 0 spiro atoms. The number of ether oxygens (including phenoxy) is 1. The normalized spacial score (nSPS) is 18.0. The number of carbonyl (C=O) groups excluding carboxylic acids is 2. The Morgan fingerprint density at radius 3 is 2.88 bits per heavy atom. The van der Waals surface area contributed by atoms with E-state index in [1.165, 1.54) is 17.7 Å². The van der Waals surface area contributed by atoms with Crippen LogP contribution in [0.4, 0.5) is 0 Å². The fourth-order valence-electron chi connectivity index (χ4n) is 3.12. The van der Waals surface area contributed by atoms with Crippen LogP contribution in [-0.4, -0.2) is 50.5 Å². The van der Waals surface area contributed by atoms with Gasteiger partial charge in [0.15, 0.2) is 6.61 Å². The van der Waals surface area contributed by atoms with E-state index in [2.05, 4.69) is 17.6 Å². The van der Waals surface area contributed by atoms with E-state index in [9.17, 15) is 9.59 Å². The Kier molecular flexibility index (Phi) is 7.91. The van der Waals surface area contributed by atoms with Crippen LogP contribution >= 0.6 is 0 Å². The van der Waals surface area contributed by atoms with Gasteiger partial charge < -0.3 is 20.3 Å². The van der Waals surface area contributed by atoms with Gasteiger partial charge in [-0.25, -0.2) is 0 Å². The minimum absolute atomic E-state index is 0.00967. The van der Waals surface area contributed by atoms with Gasteiger partial charge in [-0.15, -0.1) is 0 Å². The predicted molar refractivity (Wildman–Crippen MR) is 102 cm³/mol. The van der Waals surface area contributed by atoms with E-state index in [-0.39, 0.29) is 18.4 Å². The van der Waals surface area contributed by atoms with Gasteiger partial charge in [-0.05, 0) is 55.5 Å². The average Bonchev–Trinajstić information content (AvgIpc) is 2.65. The molecule has 1 aliphatic rings. The second-order valence-corrected chi connectivity index (χ2v) is 7.29. The van der Waals surface area contributed by atoms with E-state index < -0.39 is 0 Å². The van der Waals surface area contributed by atoms with Gasteiger partial charge in [0.25, 0.3) is 5.91 Å². The van der Waals surface area contributed by atoms with Gasteiger partial charge in [-0.3, -0.25) is 9.59 Å². The molecule has 1 aliphatic heterocycles. The Morgan fingerprint density at radius 1 is 1.38 bits per heavy atom. The molecule has 1 aromatic rings. The predicted octanol–water partition coefficient (Wildman–Crippen LogP) is 1.80. The lowest BCUT2D eigenvalue weighted by atomic mass is 9.85. The van der Waals surface area contributed by atoms with Gasteiger partial charge in [0.05, 0.1) is 0 Å². The van der Waals surface area contributed by atoms with E-state index in [1.807, 2.05) is 24.3 Å². The van der Waals surface area contributed by atoms with E-state index in [0.29, 0.717) is 30.6 Å². The number of likely N-dealkylation sites (N-methyl/N-ethyl adjacent to an activating group) is 1. The molecule has 1 heterocycles. The number of amides is 2. The highest BCUT2D eigenvalue weighted by molar-refractivity contribution is 5.77. The van der Waals surface area contributed by atoms with Crippen LogP contribution in [0, 0.1) is 11.8 Å². The number of benzene rings is 1. The number of nitrogens with zero attached hydrogens (tertiary/aromatic N) is 1. The second-order valence-electron chi connectivity index (χ2n) is 7.29. The first kappa shape index (κ1) is 20.2. The lowest BCUT2D eigenvalue weighted by Crippen LogP contribution is -2.35. The third-order valence-corrected chi connectivity index (χ3v) is 4.90. The quantitative estimate of drug-likeness (QED) is 0.741. The van der Waals surface area contributed by atoms with Crippen LogP contribution < -0.4 is 15.4 Å². The molecule has 2 N–H and O–H groups in total. The first-order chi connectivity index (χ1) is 12.5. The van der Waals surface area contributed by atoms with Gasteiger partial charge in [0.2, 0.25) is 5.91 Å². The van der Waals surface area contributed by atoms with Crippen molar-refractivity contribution in [2.75, 3.05) is 33.8 Å². The summed E-state index contributed by atoms with van der Waals surface area (Å²) in [5.74, 6) is 1.59. The maximum atomic E-state index is 12.2. The highest BCUT2D eigenvalue weighted by atomic mass is 16.5. The number of piperidine rings is 1. The van der Waals surface area contributed by atoms with Crippen molar-refractivity contribution in [1.82, 2.24) is 15.5 Å². The number of hydrogen-bond acceptors (Lipinski definition) is 4. The molecule has 0 aromatic heterocycles. The molecule has 0 saturated carbocycles. The van der Waals surface area contributed by atoms with Gasteiger partial charge in [-0.1, -0.05) is 19.1 Å². The molecule has 2 amide bonds. The number of carbonyl (C=O) groups is 2. The molecule has 1 aromatic carbocycles. The van der Waals surface area contributed by atoms with E-state index in [0.717, 1.165) is 18.7 Å². The highest BCUT2D eigenvalue weighted by Gasteiger charge is 2.21. The maximum absolute atomic E-state index is 12.2. The van der Waals surface area contributed by atoms with Gasteiger partial charge in [0.1, 0.15) is 5.75 Å². The number of nitrogens with one attached hydrogen (secondary N) is 2. The minimum Gasteiger partial charge on any atom is -0.484 e. The second kappa shape index (κ2) is 10.2. The van der Waals surface area contributed by atoms with Gasteiger partial charge in [0, 0.05) is 27.1 Å². The Bertz CT molecular complexity index is 598. The van der Waals surface area contributed by atoms with Gasteiger partial charge in [-0.2, -0.15) is 0 Å². The molecule has 2 unspecified atom stereocenters. The molecular formula is C20H31N3O3. The van der Waals surface area contributed by atoms with E-state index in [1.54, 1.807) is 14.1 Å². The Labute approximate surface area is 156 Å². The van der Waals surface area contributed by atoms with Crippen LogP contribution in [0.1, 0.15) is 31.7 Å². The van der Waals surface area contributed by atoms with Crippen molar-refractivity contribution in [3.05, 3.63) is 29.8 Å². The van der Waals surface area contributed by atoms with Crippen LogP contribution in [-0.2, 0) is 16.1 Å². The Balaban J connectivity index is 1.76. The lowest BCUT2D eigenvalue weighted by Gasteiger charge is -2.28. The van der Waals surface area contributed by atoms with Crippen molar-refractivity contribution in [2.45, 2.75) is 32.7 Å². The highest BCUT2D eigenvalue weighted by Crippen LogP contribution is 2.22. The summed E-state index contributed by atoms with van der Waals surface area (Å²) in [5, 5.41) is 6.40. The molecule has 26 heavy (non-hydrogen) atoms. The summed E-state index contributed by atoms with van der Waals surface area (Å²) >= 11 is 0. The molecule has 2 atom stereocenters. The first-order valence-electron chi connectivity index (χ1n) is 9.35. The topological polar surface area (TPSA) is 70.7 Å². The average molecular weight is 361 g/mol. The van der Waals surface area contributed by atoms with Crippen LogP contribution in [0.25, 0.3) is 0 Å². The van der Waals surface area contributed by atoms with Crippen molar-refractivity contribution in [3.8, 4) is 5.75 Å². The SMILES string of the molecule is CC(CC(=O)NCc1cccc(OCC(=O)N(C)C)c1)C1CCCNC1. The molecule has 0 aliphatic carbocycles. The number of hydrogen-bond donors (Lipinski definition) is 2. The third kappa shape index (κ3) is 6.67. The summed E-state index contributed by atoms with van der Waals surface area (Å²) in [7, 11) is 3.39. The first-order valence-corrected chi connectivity index (χ1v) is 9.35. The Hall–Kier alpha value is -2.08. The number of rotatable bonds is 8. The summed E-state index contributed by atoms with van der Waals surface area (Å²) < 4.78 is 5.51. The molecule has 0 bridgehead atoms. The molecular weight excluding hydrogens is 330 g/mol. The lowest BCUT2D eigenvalue weighted by molar-refractivity contribution is -0.130. The van der Waals surface area contributed by atoms with Crippen LogP contribution in [0.5, 0.6) is 5.75 Å². The largest absolute Gasteiger partial charge is 0.484 e. The molecule has 144 valence electrons.